The van der Waals surface area contributed by atoms with Gasteiger partial charge in [-0.1, -0.05) is 11.6 Å². The van der Waals surface area contributed by atoms with Gasteiger partial charge in [0.15, 0.2) is 6.10 Å². The van der Waals surface area contributed by atoms with Crippen molar-refractivity contribution in [3.05, 3.63) is 33.3 Å². The first kappa shape index (κ1) is 13.2. The molecule has 0 aliphatic rings. The molecule has 0 spiro atoms. The lowest BCUT2D eigenvalue weighted by atomic mass is 10.3. The van der Waals surface area contributed by atoms with E-state index in [0.29, 0.717) is 0 Å². The number of rotatable bonds is 4. The van der Waals surface area contributed by atoms with Crippen LogP contribution in [0.2, 0.25) is 5.02 Å². The molecule has 0 saturated carbocycles. The first-order valence-electron chi connectivity index (χ1n) is 4.78. The van der Waals surface area contributed by atoms with E-state index in [1.54, 1.807) is 6.92 Å². The van der Waals surface area contributed by atoms with Crippen molar-refractivity contribution >= 4 is 23.2 Å². The predicted molar refractivity (Wildman–Crippen MR) is 62.3 cm³/mol. The lowest BCUT2D eigenvalue weighted by Gasteiger charge is -2.13. The monoisotopic (exact) mass is 258 g/mol. The first-order valence-corrected chi connectivity index (χ1v) is 5.15. The Balaban J connectivity index is 2.86. The Hall–Kier alpha value is -1.82. The van der Waals surface area contributed by atoms with Gasteiger partial charge in [-0.25, -0.2) is 0 Å². The Morgan fingerprint density at radius 2 is 2.24 bits per heavy atom. The van der Waals surface area contributed by atoms with Crippen molar-refractivity contribution in [3.8, 4) is 5.75 Å². The summed E-state index contributed by atoms with van der Waals surface area (Å²) in [6.45, 7) is 1.55. The van der Waals surface area contributed by atoms with Crippen molar-refractivity contribution < 1.29 is 14.5 Å². The number of carbonyl (C=O) groups excluding carboxylic acids is 1. The summed E-state index contributed by atoms with van der Waals surface area (Å²) in [5.74, 6) is -0.0761. The molecule has 1 aromatic carbocycles. The van der Waals surface area contributed by atoms with E-state index < -0.39 is 11.0 Å². The van der Waals surface area contributed by atoms with Gasteiger partial charge in [-0.2, -0.15) is 0 Å². The Kier molecular flexibility index (Phi) is 4.28. The summed E-state index contributed by atoms with van der Waals surface area (Å²) >= 11 is 5.80. The topological polar surface area (TPSA) is 81.5 Å². The summed E-state index contributed by atoms with van der Waals surface area (Å²) < 4.78 is 5.27. The maximum absolute atomic E-state index is 11.2. The van der Waals surface area contributed by atoms with Crippen molar-refractivity contribution in [2.24, 2.45) is 0 Å². The molecule has 0 bridgehead atoms. The van der Waals surface area contributed by atoms with E-state index in [0.717, 1.165) is 0 Å². The number of carbonyl (C=O) groups is 1. The zero-order valence-corrected chi connectivity index (χ0v) is 10.0. The van der Waals surface area contributed by atoms with E-state index in [1.807, 2.05) is 0 Å². The molecular weight excluding hydrogens is 248 g/mol. The van der Waals surface area contributed by atoms with E-state index in [4.69, 9.17) is 16.3 Å². The number of nitrogens with zero attached hydrogens (tertiary/aromatic N) is 1. The van der Waals surface area contributed by atoms with Gasteiger partial charge in [-0.05, 0) is 13.0 Å². The Bertz CT molecular complexity index is 450. The smallest absolute Gasteiger partial charge is 0.271 e. The summed E-state index contributed by atoms with van der Waals surface area (Å²) in [7, 11) is 1.49. The van der Waals surface area contributed by atoms with Crippen LogP contribution in [-0.4, -0.2) is 24.0 Å². The highest BCUT2D eigenvalue weighted by Crippen LogP contribution is 2.29. The summed E-state index contributed by atoms with van der Waals surface area (Å²) in [5.41, 5.74) is -0.130. The van der Waals surface area contributed by atoms with Crippen LogP contribution in [0, 0.1) is 10.1 Å². The molecule has 1 atom stereocenters. The Labute approximate surface area is 103 Å². The minimum absolute atomic E-state index is 0.0925. The van der Waals surface area contributed by atoms with Crippen LogP contribution >= 0.6 is 11.6 Å². The van der Waals surface area contributed by atoms with Crippen LogP contribution in [0.25, 0.3) is 0 Å². The molecule has 0 aliphatic heterocycles. The molecule has 1 rings (SSSR count). The quantitative estimate of drug-likeness (QED) is 0.659. The lowest BCUT2D eigenvalue weighted by Crippen LogP contribution is -2.33. The second-order valence-electron chi connectivity index (χ2n) is 3.25. The van der Waals surface area contributed by atoms with Crippen LogP contribution in [0.15, 0.2) is 18.2 Å². The first-order chi connectivity index (χ1) is 7.95. The highest BCUT2D eigenvalue weighted by molar-refractivity contribution is 6.32. The summed E-state index contributed by atoms with van der Waals surface area (Å²) in [6, 6.07) is 3.80. The molecule has 0 heterocycles. The number of ether oxygens (including phenoxy) is 1. The standard InChI is InChI=1S/C10H11ClN2O4/c1-6(10(14)12-2)17-9-4-3-7(13(15)16)5-8(9)11/h3-6H,1-2H3,(H,12,14). The normalized spacial score (nSPS) is 11.7. The van der Waals surface area contributed by atoms with Crippen LogP contribution in [0.1, 0.15) is 6.92 Å². The number of non-ortho nitro benzene ring substituents is 1. The van der Waals surface area contributed by atoms with Gasteiger partial charge < -0.3 is 10.1 Å². The molecule has 92 valence electrons. The second-order valence-corrected chi connectivity index (χ2v) is 3.65. The number of hydrogen-bond acceptors (Lipinski definition) is 4. The van der Waals surface area contributed by atoms with E-state index >= 15 is 0 Å². The zero-order chi connectivity index (χ0) is 13.0. The summed E-state index contributed by atoms with van der Waals surface area (Å²) in [4.78, 5) is 21.1. The predicted octanol–water partition coefficient (Wildman–Crippen LogP) is 1.76. The minimum atomic E-state index is -0.723. The van der Waals surface area contributed by atoms with Crippen LogP contribution in [0.4, 0.5) is 5.69 Å². The number of nitrogens with one attached hydrogen (secondary N) is 1. The Morgan fingerprint density at radius 1 is 1.59 bits per heavy atom. The van der Waals surface area contributed by atoms with Crippen LogP contribution < -0.4 is 10.1 Å². The molecule has 1 aromatic rings. The SMILES string of the molecule is CNC(=O)C(C)Oc1ccc([N+](=O)[O-])cc1Cl. The van der Waals surface area contributed by atoms with Crippen LogP contribution in [0.3, 0.4) is 0 Å². The maximum Gasteiger partial charge on any atom is 0.271 e. The van der Waals surface area contributed by atoms with Gasteiger partial charge in [-0.15, -0.1) is 0 Å². The van der Waals surface area contributed by atoms with Crippen LogP contribution in [0.5, 0.6) is 5.75 Å². The molecular formula is C10H11ClN2O4. The van der Waals surface area contributed by atoms with E-state index in [9.17, 15) is 14.9 Å². The van der Waals surface area contributed by atoms with Crippen LogP contribution in [-0.2, 0) is 4.79 Å². The number of likely N-dealkylation sites (N-methyl/N-ethyl adjacent to an activating group) is 1. The Morgan fingerprint density at radius 3 is 2.71 bits per heavy atom. The largest absolute Gasteiger partial charge is 0.479 e. The van der Waals surface area contributed by atoms with Gasteiger partial charge >= 0.3 is 0 Å². The number of amides is 1. The average molecular weight is 259 g/mol. The molecule has 1 unspecified atom stereocenters. The summed E-state index contributed by atoms with van der Waals surface area (Å²) in [6.07, 6.45) is -0.723. The highest BCUT2D eigenvalue weighted by Gasteiger charge is 2.16. The lowest BCUT2D eigenvalue weighted by molar-refractivity contribution is -0.384. The number of hydrogen-bond donors (Lipinski definition) is 1. The molecule has 7 heteroatoms. The number of benzene rings is 1. The van der Waals surface area contributed by atoms with Crippen molar-refractivity contribution in [2.45, 2.75) is 13.0 Å². The second kappa shape index (κ2) is 5.49. The molecule has 0 saturated heterocycles. The fourth-order valence-corrected chi connectivity index (χ4v) is 1.37. The van der Waals surface area contributed by atoms with Crippen molar-refractivity contribution in [3.63, 3.8) is 0 Å². The van der Waals surface area contributed by atoms with Gasteiger partial charge in [0, 0.05) is 19.2 Å². The average Bonchev–Trinajstić information content (AvgIpc) is 2.30. The van der Waals surface area contributed by atoms with Gasteiger partial charge in [0.05, 0.1) is 9.95 Å². The number of halogens is 1. The minimum Gasteiger partial charge on any atom is -0.479 e. The third kappa shape index (κ3) is 3.32. The summed E-state index contributed by atoms with van der Waals surface area (Å²) in [5, 5.41) is 13.0. The van der Waals surface area contributed by atoms with Gasteiger partial charge in [0.1, 0.15) is 5.75 Å². The number of nitro groups is 1. The molecule has 0 aliphatic carbocycles. The fourth-order valence-electron chi connectivity index (χ4n) is 1.15. The van der Waals surface area contributed by atoms with Crippen molar-refractivity contribution in [1.82, 2.24) is 5.32 Å². The third-order valence-corrected chi connectivity index (χ3v) is 2.34. The molecule has 1 N–H and O–H groups in total. The van der Waals surface area contributed by atoms with Gasteiger partial charge in [0.25, 0.3) is 11.6 Å². The molecule has 1 amide bonds. The molecule has 0 fully saturated rings. The fraction of sp³-hybridized carbons (Fsp3) is 0.300. The molecule has 17 heavy (non-hydrogen) atoms. The van der Waals surface area contributed by atoms with E-state index in [2.05, 4.69) is 5.32 Å². The molecule has 0 radical (unpaired) electrons. The van der Waals surface area contributed by atoms with E-state index in [-0.39, 0.29) is 22.4 Å². The van der Waals surface area contributed by atoms with Crippen molar-refractivity contribution in [2.75, 3.05) is 7.05 Å². The maximum atomic E-state index is 11.2. The van der Waals surface area contributed by atoms with E-state index in [1.165, 1.54) is 25.2 Å². The molecule has 0 aromatic heterocycles. The van der Waals surface area contributed by atoms with Gasteiger partial charge in [-0.3, -0.25) is 14.9 Å². The van der Waals surface area contributed by atoms with Gasteiger partial charge in [0.2, 0.25) is 0 Å². The highest BCUT2D eigenvalue weighted by atomic mass is 35.5. The van der Waals surface area contributed by atoms with Crippen molar-refractivity contribution in [1.29, 1.82) is 0 Å². The zero-order valence-electron chi connectivity index (χ0n) is 9.27. The molecule has 6 nitrogen and oxygen atoms in total. The number of nitro benzene ring substituents is 1. The third-order valence-electron chi connectivity index (χ3n) is 2.05.